The molecule has 0 rings (SSSR count). The zero-order valence-electron chi connectivity index (χ0n) is 7.96. The van der Waals surface area contributed by atoms with Crippen molar-refractivity contribution in [2.24, 2.45) is 17.2 Å². The molecule has 0 heterocycles. The van der Waals surface area contributed by atoms with E-state index in [1.807, 2.05) is 0 Å². The summed E-state index contributed by atoms with van der Waals surface area (Å²) in [7, 11) is 0. The summed E-state index contributed by atoms with van der Waals surface area (Å²) >= 11 is 0. The molecule has 0 aliphatic heterocycles. The van der Waals surface area contributed by atoms with Gasteiger partial charge in [-0.2, -0.15) is 0 Å². The van der Waals surface area contributed by atoms with Gasteiger partial charge in [-0.05, 0) is 6.92 Å². The summed E-state index contributed by atoms with van der Waals surface area (Å²) in [5, 5.41) is 17.8. The van der Waals surface area contributed by atoms with Gasteiger partial charge in [0.2, 0.25) is 0 Å². The summed E-state index contributed by atoms with van der Waals surface area (Å²) in [6, 6.07) is -1.16. The molecular formula is C7H17N3O4. The van der Waals surface area contributed by atoms with Crippen molar-refractivity contribution < 1.29 is 19.7 Å². The Morgan fingerprint density at radius 1 is 1.43 bits per heavy atom. The predicted molar refractivity (Wildman–Crippen MR) is 48.9 cm³/mol. The Morgan fingerprint density at radius 2 is 1.93 bits per heavy atom. The Hall–Kier alpha value is -0.730. The van der Waals surface area contributed by atoms with Gasteiger partial charge in [-0.3, -0.25) is 4.79 Å². The SMILES string of the molecule is CC(N)OC(N)C(O)CC(N)C(=O)O. The number of aliphatic hydroxyl groups is 1. The Labute approximate surface area is 81.8 Å². The van der Waals surface area contributed by atoms with Gasteiger partial charge in [-0.1, -0.05) is 0 Å². The van der Waals surface area contributed by atoms with E-state index in [1.54, 1.807) is 6.92 Å². The molecule has 4 unspecified atom stereocenters. The normalized spacial score (nSPS) is 19.8. The molecule has 0 saturated heterocycles. The maximum atomic E-state index is 10.3. The zero-order chi connectivity index (χ0) is 11.3. The average molecular weight is 207 g/mol. The summed E-state index contributed by atoms with van der Waals surface area (Å²) in [6.45, 7) is 1.55. The Morgan fingerprint density at radius 3 is 2.29 bits per heavy atom. The molecular weight excluding hydrogens is 190 g/mol. The highest BCUT2D eigenvalue weighted by atomic mass is 16.5. The fourth-order valence-corrected chi connectivity index (χ4v) is 0.834. The van der Waals surface area contributed by atoms with E-state index in [2.05, 4.69) is 0 Å². The quantitative estimate of drug-likeness (QED) is 0.309. The van der Waals surface area contributed by atoms with Crippen LogP contribution < -0.4 is 17.2 Å². The van der Waals surface area contributed by atoms with E-state index >= 15 is 0 Å². The Balaban J connectivity index is 3.94. The lowest BCUT2D eigenvalue weighted by Crippen LogP contribution is -2.45. The average Bonchev–Trinajstić information content (AvgIpc) is 2.02. The Bertz CT molecular complexity index is 188. The van der Waals surface area contributed by atoms with Crippen molar-refractivity contribution in [3.63, 3.8) is 0 Å². The van der Waals surface area contributed by atoms with Crippen LogP contribution in [0.15, 0.2) is 0 Å². The summed E-state index contributed by atoms with van der Waals surface area (Å²) in [4.78, 5) is 10.3. The van der Waals surface area contributed by atoms with Crippen molar-refractivity contribution in [3.8, 4) is 0 Å². The zero-order valence-corrected chi connectivity index (χ0v) is 7.96. The number of carbonyl (C=O) groups is 1. The predicted octanol–water partition coefficient (Wildman–Crippen LogP) is -2.24. The summed E-state index contributed by atoms with van der Waals surface area (Å²) < 4.78 is 4.85. The van der Waals surface area contributed by atoms with E-state index in [-0.39, 0.29) is 6.42 Å². The number of hydrogen-bond acceptors (Lipinski definition) is 6. The van der Waals surface area contributed by atoms with Gasteiger partial charge in [0.05, 0.1) is 6.10 Å². The molecule has 0 amide bonds. The molecule has 8 N–H and O–H groups in total. The smallest absolute Gasteiger partial charge is 0.320 e. The molecule has 0 aromatic carbocycles. The van der Waals surface area contributed by atoms with E-state index in [4.69, 9.17) is 27.0 Å². The van der Waals surface area contributed by atoms with Gasteiger partial charge in [-0.15, -0.1) is 0 Å². The highest BCUT2D eigenvalue weighted by molar-refractivity contribution is 5.73. The van der Waals surface area contributed by atoms with Crippen LogP contribution in [0.1, 0.15) is 13.3 Å². The van der Waals surface area contributed by atoms with E-state index in [1.165, 1.54) is 0 Å². The van der Waals surface area contributed by atoms with Gasteiger partial charge >= 0.3 is 5.97 Å². The molecule has 0 aromatic heterocycles. The van der Waals surface area contributed by atoms with Crippen molar-refractivity contribution in [2.75, 3.05) is 0 Å². The lowest BCUT2D eigenvalue weighted by Gasteiger charge is -2.22. The largest absolute Gasteiger partial charge is 0.480 e. The van der Waals surface area contributed by atoms with Crippen LogP contribution in [0.3, 0.4) is 0 Å². The fraction of sp³-hybridized carbons (Fsp3) is 0.857. The van der Waals surface area contributed by atoms with Gasteiger partial charge in [0.1, 0.15) is 18.5 Å². The van der Waals surface area contributed by atoms with Crippen molar-refractivity contribution >= 4 is 5.97 Å². The molecule has 0 spiro atoms. The maximum absolute atomic E-state index is 10.3. The molecule has 0 saturated carbocycles. The third-order valence-corrected chi connectivity index (χ3v) is 1.56. The van der Waals surface area contributed by atoms with Gasteiger partial charge in [0.25, 0.3) is 0 Å². The number of carboxylic acids is 1. The minimum Gasteiger partial charge on any atom is -0.480 e. The Kier molecular flexibility index (Phi) is 5.58. The second kappa shape index (κ2) is 5.89. The van der Waals surface area contributed by atoms with Crippen LogP contribution >= 0.6 is 0 Å². The van der Waals surface area contributed by atoms with Crippen molar-refractivity contribution in [1.82, 2.24) is 0 Å². The topological polar surface area (TPSA) is 145 Å². The highest BCUT2D eigenvalue weighted by Crippen LogP contribution is 2.02. The fourth-order valence-electron chi connectivity index (χ4n) is 0.834. The highest BCUT2D eigenvalue weighted by Gasteiger charge is 2.23. The number of aliphatic hydroxyl groups excluding tert-OH is 1. The maximum Gasteiger partial charge on any atom is 0.320 e. The first-order chi connectivity index (χ1) is 6.34. The molecule has 14 heavy (non-hydrogen) atoms. The number of hydrogen-bond donors (Lipinski definition) is 5. The number of carboxylic acid groups (broad SMARTS) is 1. The van der Waals surface area contributed by atoms with Crippen LogP contribution in [0, 0.1) is 0 Å². The monoisotopic (exact) mass is 207 g/mol. The molecule has 0 aliphatic rings. The second-order valence-corrected chi connectivity index (χ2v) is 3.05. The first-order valence-corrected chi connectivity index (χ1v) is 4.17. The minimum atomic E-state index is -1.20. The third-order valence-electron chi connectivity index (χ3n) is 1.56. The van der Waals surface area contributed by atoms with Gasteiger partial charge in [-0.25, -0.2) is 0 Å². The first-order valence-electron chi connectivity index (χ1n) is 4.17. The number of rotatable bonds is 6. The van der Waals surface area contributed by atoms with Crippen molar-refractivity contribution in [1.29, 1.82) is 0 Å². The molecule has 0 radical (unpaired) electrons. The molecule has 4 atom stereocenters. The standard InChI is InChI=1S/C7H17N3O4/c1-3(8)14-6(10)5(11)2-4(9)7(12)13/h3-6,11H,2,8-10H2,1H3,(H,12,13). The van der Waals surface area contributed by atoms with Crippen LogP contribution in [0.25, 0.3) is 0 Å². The lowest BCUT2D eigenvalue weighted by molar-refractivity contribution is -0.140. The molecule has 0 aromatic rings. The first kappa shape index (κ1) is 13.3. The molecule has 0 fully saturated rings. The molecule has 0 bridgehead atoms. The second-order valence-electron chi connectivity index (χ2n) is 3.05. The number of nitrogens with two attached hydrogens (primary N) is 3. The summed E-state index contributed by atoms with van der Waals surface area (Å²) in [6.07, 6.45) is -2.98. The van der Waals surface area contributed by atoms with Crippen LogP contribution in [0.5, 0.6) is 0 Å². The van der Waals surface area contributed by atoms with E-state index in [9.17, 15) is 9.90 Å². The molecule has 0 aliphatic carbocycles. The van der Waals surface area contributed by atoms with Gasteiger partial charge in [0.15, 0.2) is 0 Å². The van der Waals surface area contributed by atoms with E-state index < -0.39 is 30.6 Å². The summed E-state index contributed by atoms with van der Waals surface area (Å²) in [5.41, 5.74) is 15.8. The van der Waals surface area contributed by atoms with Gasteiger partial charge < -0.3 is 32.2 Å². The third kappa shape index (κ3) is 5.10. The van der Waals surface area contributed by atoms with Crippen LogP contribution in [-0.4, -0.2) is 40.8 Å². The number of ether oxygens (including phenoxy) is 1. The van der Waals surface area contributed by atoms with E-state index in [0.29, 0.717) is 0 Å². The van der Waals surface area contributed by atoms with E-state index in [0.717, 1.165) is 0 Å². The van der Waals surface area contributed by atoms with Crippen LogP contribution in [0.2, 0.25) is 0 Å². The van der Waals surface area contributed by atoms with Crippen LogP contribution in [-0.2, 0) is 9.53 Å². The minimum absolute atomic E-state index is 0.177. The number of aliphatic carboxylic acids is 1. The lowest BCUT2D eigenvalue weighted by atomic mass is 10.1. The summed E-state index contributed by atoms with van der Waals surface area (Å²) in [5.74, 6) is -1.20. The van der Waals surface area contributed by atoms with Crippen molar-refractivity contribution in [2.45, 2.75) is 37.9 Å². The molecule has 84 valence electrons. The van der Waals surface area contributed by atoms with Gasteiger partial charge in [0, 0.05) is 6.42 Å². The molecule has 7 nitrogen and oxygen atoms in total. The molecule has 7 heteroatoms. The van der Waals surface area contributed by atoms with Crippen LogP contribution in [0.4, 0.5) is 0 Å². The van der Waals surface area contributed by atoms with Crippen molar-refractivity contribution in [3.05, 3.63) is 0 Å².